The molecule has 0 aromatic rings. The minimum atomic E-state index is -3.14. The largest absolute Gasteiger partial charge is 0.313 e. The van der Waals surface area contributed by atoms with E-state index in [-0.39, 0.29) is 17.8 Å². The van der Waals surface area contributed by atoms with Crippen LogP contribution in [0.4, 0.5) is 0 Å². The zero-order chi connectivity index (χ0) is 12.7. The van der Waals surface area contributed by atoms with Crippen molar-refractivity contribution in [3.63, 3.8) is 0 Å². The molecule has 1 aliphatic heterocycles. The molecule has 0 spiro atoms. The van der Waals surface area contributed by atoms with Crippen molar-refractivity contribution in [3.8, 4) is 0 Å². The summed E-state index contributed by atoms with van der Waals surface area (Å²) in [4.78, 5) is 0. The van der Waals surface area contributed by atoms with Crippen LogP contribution in [-0.4, -0.2) is 44.3 Å². The first-order valence-electron chi connectivity index (χ1n) is 6.34. The van der Waals surface area contributed by atoms with Crippen LogP contribution in [0.1, 0.15) is 33.1 Å². The van der Waals surface area contributed by atoms with Gasteiger partial charge in [-0.3, -0.25) is 0 Å². The van der Waals surface area contributed by atoms with Gasteiger partial charge in [0, 0.05) is 17.8 Å². The lowest BCUT2D eigenvalue weighted by atomic mass is 10.1. The molecule has 0 aliphatic carbocycles. The summed E-state index contributed by atoms with van der Waals surface area (Å²) < 4.78 is 26.6. The predicted molar refractivity (Wildman–Crippen MR) is 75.0 cm³/mol. The van der Waals surface area contributed by atoms with Crippen molar-refractivity contribution < 1.29 is 8.42 Å². The second-order valence-electron chi connectivity index (χ2n) is 4.61. The molecule has 17 heavy (non-hydrogen) atoms. The second kappa shape index (κ2) is 7.61. The monoisotopic (exact) mass is 280 g/mol. The maximum atomic E-state index is 11.9. The SMILES string of the molecule is CCSCC(C)NS(=O)(=O)CC1CCCCN1. The van der Waals surface area contributed by atoms with E-state index < -0.39 is 10.0 Å². The average molecular weight is 280 g/mol. The van der Waals surface area contributed by atoms with Crippen LogP contribution in [0.5, 0.6) is 0 Å². The molecule has 1 heterocycles. The van der Waals surface area contributed by atoms with Crippen molar-refractivity contribution in [1.29, 1.82) is 0 Å². The van der Waals surface area contributed by atoms with Gasteiger partial charge in [0.2, 0.25) is 10.0 Å². The van der Waals surface area contributed by atoms with Crippen molar-refractivity contribution in [2.75, 3.05) is 23.8 Å². The summed E-state index contributed by atoms with van der Waals surface area (Å²) in [6, 6.07) is 0.154. The van der Waals surface area contributed by atoms with Gasteiger partial charge >= 0.3 is 0 Å². The minimum absolute atomic E-state index is 0.0218. The molecular weight excluding hydrogens is 256 g/mol. The van der Waals surface area contributed by atoms with Gasteiger partial charge in [0.05, 0.1) is 5.75 Å². The third-order valence-corrected chi connectivity index (χ3v) is 5.53. The summed E-state index contributed by atoms with van der Waals surface area (Å²) in [6.45, 7) is 4.95. The predicted octanol–water partition coefficient (Wildman–Crippen LogP) is 1.19. The van der Waals surface area contributed by atoms with Gasteiger partial charge in [-0.2, -0.15) is 11.8 Å². The first-order chi connectivity index (χ1) is 8.03. The molecule has 0 bridgehead atoms. The first kappa shape index (κ1) is 15.3. The van der Waals surface area contributed by atoms with E-state index in [9.17, 15) is 8.42 Å². The summed E-state index contributed by atoms with van der Waals surface area (Å²) >= 11 is 1.76. The molecule has 0 saturated carbocycles. The van der Waals surface area contributed by atoms with E-state index in [1.165, 1.54) is 0 Å². The Balaban J connectivity index is 2.33. The lowest BCUT2D eigenvalue weighted by molar-refractivity contribution is 0.422. The van der Waals surface area contributed by atoms with E-state index in [1.54, 1.807) is 11.8 Å². The molecule has 1 fully saturated rings. The highest BCUT2D eigenvalue weighted by Crippen LogP contribution is 2.09. The zero-order valence-corrected chi connectivity index (χ0v) is 12.4. The molecular formula is C11H24N2O2S2. The number of thioether (sulfide) groups is 1. The highest BCUT2D eigenvalue weighted by molar-refractivity contribution is 7.99. The molecule has 2 atom stereocenters. The Morgan fingerprint density at radius 3 is 2.82 bits per heavy atom. The van der Waals surface area contributed by atoms with Gasteiger partial charge in [-0.25, -0.2) is 13.1 Å². The summed E-state index contributed by atoms with van der Waals surface area (Å²) in [6.07, 6.45) is 3.26. The maximum Gasteiger partial charge on any atom is 0.213 e. The van der Waals surface area contributed by atoms with E-state index >= 15 is 0 Å². The van der Waals surface area contributed by atoms with Crippen LogP contribution in [0.15, 0.2) is 0 Å². The van der Waals surface area contributed by atoms with E-state index in [0.717, 1.165) is 37.3 Å². The molecule has 1 aliphatic rings. The van der Waals surface area contributed by atoms with E-state index in [0.29, 0.717) is 0 Å². The minimum Gasteiger partial charge on any atom is -0.313 e. The topological polar surface area (TPSA) is 58.2 Å². The van der Waals surface area contributed by atoms with Gasteiger partial charge in [-0.1, -0.05) is 13.3 Å². The highest BCUT2D eigenvalue weighted by Gasteiger charge is 2.22. The van der Waals surface area contributed by atoms with Gasteiger partial charge in [0.15, 0.2) is 0 Å². The molecule has 1 rings (SSSR count). The summed E-state index contributed by atoms with van der Waals surface area (Å²) in [5.74, 6) is 2.08. The van der Waals surface area contributed by atoms with E-state index in [2.05, 4.69) is 17.0 Å². The Morgan fingerprint density at radius 1 is 1.47 bits per heavy atom. The molecule has 1 saturated heterocycles. The quantitative estimate of drug-likeness (QED) is 0.735. The van der Waals surface area contributed by atoms with Gasteiger partial charge in [-0.05, 0) is 32.1 Å². The molecule has 102 valence electrons. The van der Waals surface area contributed by atoms with Crippen molar-refractivity contribution in [3.05, 3.63) is 0 Å². The number of hydrogen-bond donors (Lipinski definition) is 2. The smallest absolute Gasteiger partial charge is 0.213 e. The Kier molecular flexibility index (Phi) is 6.84. The van der Waals surface area contributed by atoms with E-state index in [1.807, 2.05) is 6.92 Å². The second-order valence-corrected chi connectivity index (χ2v) is 7.72. The van der Waals surface area contributed by atoms with Gasteiger partial charge < -0.3 is 5.32 Å². The molecule has 4 nitrogen and oxygen atoms in total. The Hall–Kier alpha value is 0.220. The fraction of sp³-hybridized carbons (Fsp3) is 1.00. The molecule has 0 aromatic carbocycles. The maximum absolute atomic E-state index is 11.9. The fourth-order valence-electron chi connectivity index (χ4n) is 2.01. The summed E-state index contributed by atoms with van der Waals surface area (Å²) in [5.41, 5.74) is 0. The zero-order valence-electron chi connectivity index (χ0n) is 10.7. The summed E-state index contributed by atoms with van der Waals surface area (Å²) in [5, 5.41) is 3.27. The van der Waals surface area contributed by atoms with Crippen LogP contribution in [-0.2, 0) is 10.0 Å². The Labute approximate surface area is 109 Å². The Bertz CT molecular complexity index is 301. The standard InChI is InChI=1S/C11H24N2O2S2/c1-3-16-8-10(2)13-17(14,15)9-11-6-4-5-7-12-11/h10-13H,3-9H2,1-2H3. The first-order valence-corrected chi connectivity index (χ1v) is 9.15. The highest BCUT2D eigenvalue weighted by atomic mass is 32.2. The van der Waals surface area contributed by atoms with Crippen molar-refractivity contribution >= 4 is 21.8 Å². The van der Waals surface area contributed by atoms with Crippen molar-refractivity contribution in [2.24, 2.45) is 0 Å². The molecule has 6 heteroatoms. The summed E-state index contributed by atoms with van der Waals surface area (Å²) in [7, 11) is -3.14. The Morgan fingerprint density at radius 2 is 2.24 bits per heavy atom. The molecule has 2 N–H and O–H groups in total. The third kappa shape index (κ3) is 6.64. The third-order valence-electron chi connectivity index (χ3n) is 2.79. The number of hydrogen-bond acceptors (Lipinski definition) is 4. The van der Waals surface area contributed by atoms with E-state index in [4.69, 9.17) is 0 Å². The fourth-order valence-corrected chi connectivity index (χ4v) is 4.40. The number of nitrogens with one attached hydrogen (secondary N) is 2. The van der Waals surface area contributed by atoms with Gasteiger partial charge in [0.1, 0.15) is 0 Å². The van der Waals surface area contributed by atoms with Crippen LogP contribution < -0.4 is 10.0 Å². The lowest BCUT2D eigenvalue weighted by Crippen LogP contribution is -2.45. The van der Waals surface area contributed by atoms with Crippen LogP contribution in [0, 0.1) is 0 Å². The number of rotatable bonds is 7. The van der Waals surface area contributed by atoms with Crippen molar-refractivity contribution in [1.82, 2.24) is 10.0 Å². The number of sulfonamides is 1. The van der Waals surface area contributed by atoms with Crippen LogP contribution in [0.2, 0.25) is 0 Å². The van der Waals surface area contributed by atoms with Crippen LogP contribution >= 0.6 is 11.8 Å². The molecule has 0 radical (unpaired) electrons. The number of piperidine rings is 1. The molecule has 0 aromatic heterocycles. The normalized spacial score (nSPS) is 23.5. The van der Waals surface area contributed by atoms with Crippen LogP contribution in [0.25, 0.3) is 0 Å². The molecule has 0 amide bonds. The molecule has 2 unspecified atom stereocenters. The average Bonchev–Trinajstić information content (AvgIpc) is 2.26. The van der Waals surface area contributed by atoms with Gasteiger partial charge in [0.25, 0.3) is 0 Å². The van der Waals surface area contributed by atoms with Gasteiger partial charge in [-0.15, -0.1) is 0 Å². The lowest BCUT2D eigenvalue weighted by Gasteiger charge is -2.24. The van der Waals surface area contributed by atoms with Crippen molar-refractivity contribution in [2.45, 2.75) is 45.2 Å². The van der Waals surface area contributed by atoms with Crippen LogP contribution in [0.3, 0.4) is 0 Å².